The molecule has 0 radical (unpaired) electrons. The van der Waals surface area contributed by atoms with E-state index in [2.05, 4.69) is 48.9 Å². The second-order valence-corrected chi connectivity index (χ2v) is 6.93. The normalized spacial score (nSPS) is 20.5. The zero-order valence-electron chi connectivity index (χ0n) is 11.0. The van der Waals surface area contributed by atoms with Gasteiger partial charge in [0.05, 0.1) is 11.3 Å². The van der Waals surface area contributed by atoms with E-state index in [1.165, 1.54) is 0 Å². The zero-order chi connectivity index (χ0) is 13.7. The number of rotatable bonds is 3. The average molecular weight is 312 g/mol. The number of halogens is 1. The summed E-state index contributed by atoms with van der Waals surface area (Å²) in [7, 11) is 0. The van der Waals surface area contributed by atoms with Crippen LogP contribution in [0.3, 0.4) is 0 Å². The van der Waals surface area contributed by atoms with E-state index in [1.54, 1.807) is 12.1 Å². The third kappa shape index (κ3) is 1.92. The van der Waals surface area contributed by atoms with Crippen molar-refractivity contribution in [2.45, 2.75) is 33.7 Å². The van der Waals surface area contributed by atoms with Crippen LogP contribution in [0, 0.1) is 10.8 Å². The fourth-order valence-electron chi connectivity index (χ4n) is 2.54. The summed E-state index contributed by atoms with van der Waals surface area (Å²) in [6.07, 6.45) is 0. The van der Waals surface area contributed by atoms with Crippen LogP contribution in [0.4, 0.5) is 5.69 Å². The summed E-state index contributed by atoms with van der Waals surface area (Å²) in [6.45, 7) is 8.79. The molecule has 0 aliphatic heterocycles. The van der Waals surface area contributed by atoms with E-state index < -0.39 is 5.97 Å². The molecule has 0 atom stereocenters. The van der Waals surface area contributed by atoms with Gasteiger partial charge in [-0.25, -0.2) is 4.79 Å². The summed E-state index contributed by atoms with van der Waals surface area (Å²) >= 11 is 3.38. The Kier molecular flexibility index (Phi) is 2.97. The van der Waals surface area contributed by atoms with Gasteiger partial charge < -0.3 is 10.4 Å². The summed E-state index contributed by atoms with van der Waals surface area (Å²) in [6, 6.07) is 5.49. The molecule has 0 unspecified atom stereocenters. The minimum atomic E-state index is -0.902. The van der Waals surface area contributed by atoms with Crippen molar-refractivity contribution < 1.29 is 9.90 Å². The summed E-state index contributed by atoms with van der Waals surface area (Å²) in [5.74, 6) is -0.902. The highest BCUT2D eigenvalue weighted by molar-refractivity contribution is 9.10. The molecular weight excluding hydrogens is 294 g/mol. The number of aromatic carboxylic acids is 1. The molecule has 0 heterocycles. The highest BCUT2D eigenvalue weighted by atomic mass is 79.9. The zero-order valence-corrected chi connectivity index (χ0v) is 12.6. The smallest absolute Gasteiger partial charge is 0.337 e. The second-order valence-electron chi connectivity index (χ2n) is 6.02. The number of benzene rings is 1. The number of carboxylic acid groups (broad SMARTS) is 1. The highest BCUT2D eigenvalue weighted by Gasteiger charge is 2.65. The summed E-state index contributed by atoms with van der Waals surface area (Å²) < 4.78 is 0.881. The first-order chi connectivity index (χ1) is 8.18. The van der Waals surface area contributed by atoms with Crippen LogP contribution in [-0.4, -0.2) is 17.1 Å². The fraction of sp³-hybridized carbons (Fsp3) is 0.500. The minimum absolute atomic E-state index is 0.172. The van der Waals surface area contributed by atoms with Gasteiger partial charge in [0.2, 0.25) is 0 Å². The summed E-state index contributed by atoms with van der Waals surface area (Å²) in [4.78, 5) is 11.2. The van der Waals surface area contributed by atoms with Gasteiger partial charge in [0, 0.05) is 10.5 Å². The van der Waals surface area contributed by atoms with Crippen LogP contribution in [0.1, 0.15) is 38.1 Å². The topological polar surface area (TPSA) is 49.3 Å². The Morgan fingerprint density at radius 3 is 2.28 bits per heavy atom. The monoisotopic (exact) mass is 311 g/mol. The third-order valence-electron chi connectivity index (χ3n) is 4.53. The van der Waals surface area contributed by atoms with Crippen LogP contribution in [0.15, 0.2) is 22.7 Å². The van der Waals surface area contributed by atoms with Crippen LogP contribution in [0.5, 0.6) is 0 Å². The Morgan fingerprint density at radius 2 is 1.83 bits per heavy atom. The molecule has 2 rings (SSSR count). The standard InChI is InChI=1S/C14H18BrNO2/c1-13(2)12(14(13,3)4)16-10-7-8(15)5-6-9(10)11(17)18/h5-7,12,16H,1-4H3,(H,17,18). The van der Waals surface area contributed by atoms with Gasteiger partial charge in [-0.05, 0) is 29.0 Å². The molecule has 0 amide bonds. The molecular formula is C14H18BrNO2. The largest absolute Gasteiger partial charge is 0.478 e. The molecule has 1 aliphatic rings. The van der Waals surface area contributed by atoms with Gasteiger partial charge in [0.1, 0.15) is 0 Å². The van der Waals surface area contributed by atoms with Crippen molar-refractivity contribution in [3.63, 3.8) is 0 Å². The molecule has 2 N–H and O–H groups in total. The van der Waals surface area contributed by atoms with Crippen molar-refractivity contribution in [2.24, 2.45) is 10.8 Å². The first-order valence-corrected chi connectivity index (χ1v) is 6.76. The van der Waals surface area contributed by atoms with E-state index in [0.717, 1.165) is 4.47 Å². The maximum Gasteiger partial charge on any atom is 0.337 e. The van der Waals surface area contributed by atoms with E-state index in [4.69, 9.17) is 0 Å². The number of carboxylic acids is 1. The number of hydrogen-bond acceptors (Lipinski definition) is 2. The van der Waals surface area contributed by atoms with Crippen molar-refractivity contribution >= 4 is 27.6 Å². The Bertz CT molecular complexity index is 495. The van der Waals surface area contributed by atoms with Gasteiger partial charge in [0.25, 0.3) is 0 Å². The van der Waals surface area contributed by atoms with E-state index in [0.29, 0.717) is 11.3 Å². The first-order valence-electron chi connectivity index (χ1n) is 5.97. The minimum Gasteiger partial charge on any atom is -0.478 e. The molecule has 0 aromatic heterocycles. The van der Waals surface area contributed by atoms with Crippen molar-refractivity contribution in [2.75, 3.05) is 5.32 Å². The molecule has 1 aromatic rings. The lowest BCUT2D eigenvalue weighted by Gasteiger charge is -2.12. The van der Waals surface area contributed by atoms with Gasteiger partial charge in [-0.1, -0.05) is 43.6 Å². The van der Waals surface area contributed by atoms with Crippen molar-refractivity contribution in [1.82, 2.24) is 0 Å². The van der Waals surface area contributed by atoms with E-state index in [9.17, 15) is 9.90 Å². The number of hydrogen-bond donors (Lipinski definition) is 2. The van der Waals surface area contributed by atoms with Gasteiger partial charge in [-0.15, -0.1) is 0 Å². The van der Waals surface area contributed by atoms with Crippen LogP contribution in [0.25, 0.3) is 0 Å². The average Bonchev–Trinajstić information content (AvgIpc) is 2.60. The molecule has 4 heteroatoms. The van der Waals surface area contributed by atoms with Crippen molar-refractivity contribution in [3.05, 3.63) is 28.2 Å². The van der Waals surface area contributed by atoms with Gasteiger partial charge in [-0.3, -0.25) is 0 Å². The second kappa shape index (κ2) is 3.98. The Balaban J connectivity index is 2.31. The molecule has 18 heavy (non-hydrogen) atoms. The summed E-state index contributed by atoms with van der Waals surface area (Å²) in [5.41, 5.74) is 1.34. The SMILES string of the molecule is CC1(C)C(Nc2cc(Br)ccc2C(=O)O)C1(C)C. The first kappa shape index (κ1) is 13.4. The third-order valence-corrected chi connectivity index (χ3v) is 5.03. The molecule has 0 spiro atoms. The number of nitrogens with one attached hydrogen (secondary N) is 1. The number of carbonyl (C=O) groups is 1. The van der Waals surface area contributed by atoms with E-state index in [1.807, 2.05) is 6.07 Å². The highest BCUT2D eigenvalue weighted by Crippen LogP contribution is 2.63. The quantitative estimate of drug-likeness (QED) is 0.887. The Hall–Kier alpha value is -1.03. The van der Waals surface area contributed by atoms with Gasteiger partial charge in [-0.2, -0.15) is 0 Å². The lowest BCUT2D eigenvalue weighted by Crippen LogP contribution is -2.13. The maximum absolute atomic E-state index is 11.2. The summed E-state index contributed by atoms with van der Waals surface area (Å²) in [5, 5.41) is 12.6. The predicted molar refractivity (Wildman–Crippen MR) is 76.1 cm³/mol. The van der Waals surface area contributed by atoms with Crippen molar-refractivity contribution in [3.8, 4) is 0 Å². The van der Waals surface area contributed by atoms with Crippen LogP contribution in [0.2, 0.25) is 0 Å². The lowest BCUT2D eigenvalue weighted by molar-refractivity contribution is 0.0698. The molecule has 0 bridgehead atoms. The maximum atomic E-state index is 11.2. The number of anilines is 1. The van der Waals surface area contributed by atoms with Crippen LogP contribution in [-0.2, 0) is 0 Å². The Morgan fingerprint density at radius 1 is 1.28 bits per heavy atom. The van der Waals surface area contributed by atoms with Crippen LogP contribution >= 0.6 is 15.9 Å². The van der Waals surface area contributed by atoms with Gasteiger partial charge in [0.15, 0.2) is 0 Å². The lowest BCUT2D eigenvalue weighted by atomic mass is 10.0. The molecule has 1 aliphatic carbocycles. The molecule has 1 saturated carbocycles. The molecule has 1 aromatic carbocycles. The van der Waals surface area contributed by atoms with Crippen LogP contribution < -0.4 is 5.32 Å². The molecule has 0 saturated heterocycles. The Labute approximate surface area is 116 Å². The predicted octanol–water partition coefficient (Wildman–Crippen LogP) is 3.99. The van der Waals surface area contributed by atoms with E-state index >= 15 is 0 Å². The fourth-order valence-corrected chi connectivity index (χ4v) is 2.90. The van der Waals surface area contributed by atoms with E-state index in [-0.39, 0.29) is 16.9 Å². The molecule has 98 valence electrons. The molecule has 3 nitrogen and oxygen atoms in total. The van der Waals surface area contributed by atoms with Crippen molar-refractivity contribution in [1.29, 1.82) is 0 Å². The molecule has 1 fully saturated rings. The van der Waals surface area contributed by atoms with Gasteiger partial charge >= 0.3 is 5.97 Å².